The van der Waals surface area contributed by atoms with E-state index in [9.17, 15) is 19.2 Å². The molecule has 0 aliphatic heterocycles. The fourth-order valence-electron chi connectivity index (χ4n) is 1.89. The summed E-state index contributed by atoms with van der Waals surface area (Å²) < 4.78 is 1.33. The number of primary amides is 1. The van der Waals surface area contributed by atoms with E-state index in [0.29, 0.717) is 6.42 Å². The Balaban J connectivity index is 2.78. The van der Waals surface area contributed by atoms with E-state index in [0.717, 1.165) is 0 Å². The standard InChI is InChI=1S/C15H20N4O4/c1-10(20)17-11(6-3-4-8-13(16)21)14(22)18-12-7-5-9-19(2)15(12)23/h4-5,7-9,11H,3,6H2,1-2H3,(H2,16,21)(H,17,20)(H,18,22)/b8-4+/t11-/m0/s1. The summed E-state index contributed by atoms with van der Waals surface area (Å²) in [6.45, 7) is 1.29. The Morgan fingerprint density at radius 3 is 2.70 bits per heavy atom. The number of pyridine rings is 1. The number of hydrogen-bond donors (Lipinski definition) is 3. The van der Waals surface area contributed by atoms with E-state index >= 15 is 0 Å². The van der Waals surface area contributed by atoms with E-state index in [1.165, 1.54) is 29.7 Å². The molecule has 0 aliphatic carbocycles. The molecule has 124 valence electrons. The van der Waals surface area contributed by atoms with Crippen molar-refractivity contribution in [1.29, 1.82) is 0 Å². The maximum Gasteiger partial charge on any atom is 0.274 e. The van der Waals surface area contributed by atoms with E-state index in [4.69, 9.17) is 5.73 Å². The van der Waals surface area contributed by atoms with Gasteiger partial charge < -0.3 is 20.9 Å². The number of carbonyl (C=O) groups excluding carboxylic acids is 3. The van der Waals surface area contributed by atoms with Gasteiger partial charge in [-0.15, -0.1) is 0 Å². The first-order valence-corrected chi connectivity index (χ1v) is 7.01. The zero-order valence-electron chi connectivity index (χ0n) is 13.0. The van der Waals surface area contributed by atoms with Crippen molar-refractivity contribution in [3.8, 4) is 0 Å². The zero-order valence-corrected chi connectivity index (χ0v) is 13.0. The first-order chi connectivity index (χ1) is 10.8. The molecule has 0 spiro atoms. The molecular formula is C15H20N4O4. The third kappa shape index (κ3) is 6.16. The molecule has 1 aromatic rings. The predicted octanol–water partition coefficient (Wildman–Crippen LogP) is -0.350. The highest BCUT2D eigenvalue weighted by atomic mass is 16.2. The molecule has 8 heteroatoms. The van der Waals surface area contributed by atoms with Crippen molar-refractivity contribution >= 4 is 23.4 Å². The highest BCUT2D eigenvalue weighted by Gasteiger charge is 2.19. The number of amides is 3. The van der Waals surface area contributed by atoms with Gasteiger partial charge in [0.15, 0.2) is 0 Å². The summed E-state index contributed by atoms with van der Waals surface area (Å²) >= 11 is 0. The highest BCUT2D eigenvalue weighted by Crippen LogP contribution is 2.04. The molecule has 3 amide bonds. The van der Waals surface area contributed by atoms with Crippen LogP contribution in [0.2, 0.25) is 0 Å². The van der Waals surface area contributed by atoms with Gasteiger partial charge in [0.05, 0.1) is 0 Å². The summed E-state index contributed by atoms with van der Waals surface area (Å²) in [5, 5.41) is 5.02. The van der Waals surface area contributed by atoms with Crippen LogP contribution in [0.5, 0.6) is 0 Å². The SMILES string of the molecule is CC(=O)N[C@@H](CC/C=C/C(N)=O)C(=O)Nc1cccn(C)c1=O. The Kier molecular flexibility index (Phi) is 6.72. The Morgan fingerprint density at radius 2 is 2.09 bits per heavy atom. The number of allylic oxidation sites excluding steroid dienone is 1. The molecule has 1 aromatic heterocycles. The summed E-state index contributed by atoms with van der Waals surface area (Å²) in [5.41, 5.74) is 4.75. The Hall–Kier alpha value is -2.90. The van der Waals surface area contributed by atoms with Crippen LogP contribution in [0.4, 0.5) is 5.69 Å². The average Bonchev–Trinajstić information content (AvgIpc) is 2.46. The van der Waals surface area contributed by atoms with Crippen LogP contribution in [0.15, 0.2) is 35.3 Å². The third-order valence-electron chi connectivity index (χ3n) is 2.98. The first-order valence-electron chi connectivity index (χ1n) is 7.01. The topological polar surface area (TPSA) is 123 Å². The van der Waals surface area contributed by atoms with Gasteiger partial charge in [0.1, 0.15) is 11.7 Å². The van der Waals surface area contributed by atoms with Crippen molar-refractivity contribution < 1.29 is 14.4 Å². The number of carbonyl (C=O) groups is 3. The van der Waals surface area contributed by atoms with E-state index in [1.807, 2.05) is 0 Å². The normalized spacial score (nSPS) is 11.9. The van der Waals surface area contributed by atoms with Gasteiger partial charge in [0.25, 0.3) is 5.56 Å². The van der Waals surface area contributed by atoms with Crippen LogP contribution < -0.4 is 21.9 Å². The second-order valence-electron chi connectivity index (χ2n) is 4.96. The molecule has 1 atom stereocenters. The van der Waals surface area contributed by atoms with Crippen molar-refractivity contribution in [3.05, 3.63) is 40.8 Å². The van der Waals surface area contributed by atoms with E-state index < -0.39 is 17.9 Å². The lowest BCUT2D eigenvalue weighted by Gasteiger charge is -2.16. The molecular weight excluding hydrogens is 300 g/mol. The minimum absolute atomic E-state index is 0.128. The van der Waals surface area contributed by atoms with Gasteiger partial charge in [-0.05, 0) is 31.1 Å². The number of hydrogen-bond acceptors (Lipinski definition) is 4. The van der Waals surface area contributed by atoms with E-state index in [-0.39, 0.29) is 23.6 Å². The summed E-state index contributed by atoms with van der Waals surface area (Å²) in [6.07, 6.45) is 4.91. The second kappa shape index (κ2) is 8.52. The maximum absolute atomic E-state index is 12.3. The zero-order chi connectivity index (χ0) is 17.4. The molecule has 4 N–H and O–H groups in total. The summed E-state index contributed by atoms with van der Waals surface area (Å²) in [5.74, 6) is -1.46. The molecule has 0 saturated carbocycles. The Morgan fingerprint density at radius 1 is 1.39 bits per heavy atom. The van der Waals surface area contributed by atoms with Gasteiger partial charge >= 0.3 is 0 Å². The van der Waals surface area contributed by atoms with Crippen molar-refractivity contribution in [1.82, 2.24) is 9.88 Å². The number of nitrogens with zero attached hydrogens (tertiary/aromatic N) is 1. The number of aryl methyl sites for hydroxylation is 1. The monoisotopic (exact) mass is 320 g/mol. The Labute approximate surface area is 133 Å². The number of anilines is 1. The Bertz CT molecular complexity index is 678. The van der Waals surface area contributed by atoms with Gasteiger partial charge in [-0.1, -0.05) is 6.08 Å². The smallest absolute Gasteiger partial charge is 0.274 e. The van der Waals surface area contributed by atoms with Crippen LogP contribution in [-0.2, 0) is 21.4 Å². The molecule has 0 bridgehead atoms. The molecule has 0 saturated heterocycles. The summed E-state index contributed by atoms with van der Waals surface area (Å²) in [6, 6.07) is 2.29. The van der Waals surface area contributed by atoms with Crippen LogP contribution in [0.25, 0.3) is 0 Å². The lowest BCUT2D eigenvalue weighted by Crippen LogP contribution is -2.43. The van der Waals surface area contributed by atoms with Crippen LogP contribution in [0, 0.1) is 0 Å². The second-order valence-corrected chi connectivity index (χ2v) is 4.96. The van der Waals surface area contributed by atoms with Crippen molar-refractivity contribution in [3.63, 3.8) is 0 Å². The average molecular weight is 320 g/mol. The lowest BCUT2D eigenvalue weighted by atomic mass is 10.1. The van der Waals surface area contributed by atoms with Crippen LogP contribution in [0.3, 0.4) is 0 Å². The van der Waals surface area contributed by atoms with Gasteiger partial charge in [0, 0.05) is 20.2 Å². The van der Waals surface area contributed by atoms with Crippen LogP contribution in [0.1, 0.15) is 19.8 Å². The molecule has 0 aliphatic rings. The quantitative estimate of drug-likeness (QED) is 0.594. The number of aromatic nitrogens is 1. The van der Waals surface area contributed by atoms with Crippen molar-refractivity contribution in [2.45, 2.75) is 25.8 Å². The van der Waals surface area contributed by atoms with Crippen LogP contribution in [-0.4, -0.2) is 28.3 Å². The first kappa shape index (κ1) is 18.1. The fourth-order valence-corrected chi connectivity index (χ4v) is 1.89. The predicted molar refractivity (Wildman–Crippen MR) is 85.5 cm³/mol. The number of rotatable bonds is 7. The summed E-state index contributed by atoms with van der Waals surface area (Å²) in [7, 11) is 1.57. The van der Waals surface area contributed by atoms with Crippen molar-refractivity contribution in [2.24, 2.45) is 12.8 Å². The fraction of sp³-hybridized carbons (Fsp3) is 0.333. The number of nitrogens with two attached hydrogens (primary N) is 1. The van der Waals surface area contributed by atoms with Gasteiger partial charge in [-0.3, -0.25) is 19.2 Å². The van der Waals surface area contributed by atoms with Gasteiger partial charge in [0.2, 0.25) is 17.7 Å². The van der Waals surface area contributed by atoms with E-state index in [1.54, 1.807) is 19.3 Å². The molecule has 23 heavy (non-hydrogen) atoms. The molecule has 1 heterocycles. The minimum Gasteiger partial charge on any atom is -0.366 e. The third-order valence-corrected chi connectivity index (χ3v) is 2.98. The molecule has 0 aromatic carbocycles. The molecule has 0 unspecified atom stereocenters. The number of nitrogens with one attached hydrogen (secondary N) is 2. The maximum atomic E-state index is 12.3. The molecule has 8 nitrogen and oxygen atoms in total. The van der Waals surface area contributed by atoms with E-state index in [2.05, 4.69) is 10.6 Å². The highest BCUT2D eigenvalue weighted by molar-refractivity contribution is 5.96. The summed E-state index contributed by atoms with van der Waals surface area (Å²) in [4.78, 5) is 46.0. The van der Waals surface area contributed by atoms with Crippen LogP contribution >= 0.6 is 0 Å². The van der Waals surface area contributed by atoms with Gasteiger partial charge in [-0.2, -0.15) is 0 Å². The lowest BCUT2D eigenvalue weighted by molar-refractivity contribution is -0.125. The largest absolute Gasteiger partial charge is 0.366 e. The molecule has 0 radical (unpaired) electrons. The molecule has 1 rings (SSSR count). The molecule has 0 fully saturated rings. The van der Waals surface area contributed by atoms with Gasteiger partial charge in [-0.25, -0.2) is 0 Å². The van der Waals surface area contributed by atoms with Crippen molar-refractivity contribution in [2.75, 3.05) is 5.32 Å². The minimum atomic E-state index is -0.824.